The van der Waals surface area contributed by atoms with E-state index < -0.39 is 24.1 Å². The second-order valence-corrected chi connectivity index (χ2v) is 5.77. The van der Waals surface area contributed by atoms with Crippen LogP contribution in [0.5, 0.6) is 5.75 Å². The number of benzene rings is 1. The molecule has 0 bridgehead atoms. The predicted molar refractivity (Wildman–Crippen MR) is 73.4 cm³/mol. The molecule has 0 unspecified atom stereocenters. The van der Waals surface area contributed by atoms with Crippen LogP contribution in [0.3, 0.4) is 0 Å². The highest BCUT2D eigenvalue weighted by Crippen LogP contribution is 2.37. The molecule has 106 valence electrons. The van der Waals surface area contributed by atoms with E-state index in [1.54, 1.807) is 0 Å². The van der Waals surface area contributed by atoms with Crippen LogP contribution in [-0.4, -0.2) is 25.4 Å². The molecule has 1 aliphatic rings. The van der Waals surface area contributed by atoms with Crippen molar-refractivity contribution < 1.29 is 18.4 Å². The molecule has 0 saturated carbocycles. The quantitative estimate of drug-likeness (QED) is 0.776. The van der Waals surface area contributed by atoms with Crippen LogP contribution in [0.15, 0.2) is 12.1 Å². The fraction of sp³-hybridized carbons (Fsp3) is 0.500. The Kier molecular flexibility index (Phi) is 3.53. The highest BCUT2D eigenvalue weighted by Gasteiger charge is 2.52. The third-order valence-corrected chi connectivity index (χ3v) is 3.95. The zero-order chi connectivity index (χ0) is 15.1. The lowest BCUT2D eigenvalue weighted by Crippen LogP contribution is -2.41. The molecule has 0 spiro atoms. The van der Waals surface area contributed by atoms with Gasteiger partial charge in [-0.2, -0.15) is 5.26 Å². The minimum Gasteiger partial charge on any atom is -0.494 e. The van der Waals surface area contributed by atoms with Gasteiger partial charge in [0.1, 0.15) is 0 Å². The van der Waals surface area contributed by atoms with Gasteiger partial charge in [-0.25, -0.2) is 4.39 Å². The van der Waals surface area contributed by atoms with Crippen LogP contribution in [0.4, 0.5) is 4.39 Å². The van der Waals surface area contributed by atoms with E-state index in [-0.39, 0.29) is 11.3 Å². The molecule has 1 aromatic carbocycles. The molecule has 0 aliphatic carbocycles. The third kappa shape index (κ3) is 2.28. The van der Waals surface area contributed by atoms with Gasteiger partial charge < -0.3 is 14.0 Å². The lowest BCUT2D eigenvalue weighted by atomic mass is 9.76. The topological polar surface area (TPSA) is 51.5 Å². The van der Waals surface area contributed by atoms with Gasteiger partial charge in [-0.1, -0.05) is 0 Å². The van der Waals surface area contributed by atoms with Crippen molar-refractivity contribution in [2.45, 2.75) is 38.9 Å². The fourth-order valence-electron chi connectivity index (χ4n) is 1.99. The summed E-state index contributed by atoms with van der Waals surface area (Å²) in [5.41, 5.74) is -0.385. The average Bonchev–Trinajstić information content (AvgIpc) is 2.57. The molecule has 0 N–H and O–H groups in total. The predicted octanol–water partition coefficient (Wildman–Crippen LogP) is 2.01. The number of rotatable bonds is 2. The molecule has 0 aromatic heterocycles. The number of hydrogen-bond donors (Lipinski definition) is 0. The summed E-state index contributed by atoms with van der Waals surface area (Å²) in [4.78, 5) is 0. The van der Waals surface area contributed by atoms with E-state index in [0.29, 0.717) is 5.46 Å². The van der Waals surface area contributed by atoms with E-state index in [1.807, 2.05) is 33.8 Å². The van der Waals surface area contributed by atoms with Crippen molar-refractivity contribution in [2.75, 3.05) is 7.11 Å². The van der Waals surface area contributed by atoms with Crippen molar-refractivity contribution in [3.05, 3.63) is 23.5 Å². The molecule has 1 aromatic rings. The largest absolute Gasteiger partial charge is 0.496 e. The molecule has 1 fully saturated rings. The third-order valence-electron chi connectivity index (χ3n) is 3.95. The summed E-state index contributed by atoms with van der Waals surface area (Å²) in [5.74, 6) is -0.516. The van der Waals surface area contributed by atoms with Gasteiger partial charge >= 0.3 is 7.12 Å². The number of methoxy groups -OCH3 is 1. The first kappa shape index (κ1) is 14.8. The molecule has 0 amide bonds. The number of nitrogens with zero attached hydrogens (tertiary/aromatic N) is 1. The standard InChI is InChI=1S/C14H17BFNO3/c1-13(2)14(3,4)20-15(19-13)10-7-12(18-5)11(16)6-9(10)8-17/h6-7H,1-5H3. The first-order valence-electron chi connectivity index (χ1n) is 6.35. The number of hydrogen-bond acceptors (Lipinski definition) is 4. The number of halogens is 1. The van der Waals surface area contributed by atoms with Gasteiger partial charge in [0.25, 0.3) is 0 Å². The van der Waals surface area contributed by atoms with E-state index in [2.05, 4.69) is 0 Å². The minimum atomic E-state index is -0.718. The Bertz CT molecular complexity index is 565. The van der Waals surface area contributed by atoms with Gasteiger partial charge in [-0.05, 0) is 39.8 Å². The Labute approximate surface area is 118 Å². The van der Waals surface area contributed by atoms with Gasteiger partial charge in [-0.15, -0.1) is 0 Å². The second kappa shape index (κ2) is 4.76. The average molecular weight is 277 g/mol. The Hall–Kier alpha value is -1.58. The summed E-state index contributed by atoms with van der Waals surface area (Å²) in [6.45, 7) is 7.67. The number of nitriles is 1. The summed E-state index contributed by atoms with van der Waals surface area (Å²) in [7, 11) is 0.655. The molecule has 1 saturated heterocycles. The number of ether oxygens (including phenoxy) is 1. The maximum atomic E-state index is 13.7. The van der Waals surface area contributed by atoms with Crippen molar-refractivity contribution in [3.8, 4) is 11.8 Å². The Morgan fingerprint density at radius 3 is 2.20 bits per heavy atom. The zero-order valence-electron chi connectivity index (χ0n) is 12.3. The van der Waals surface area contributed by atoms with E-state index in [1.165, 1.54) is 13.2 Å². The van der Waals surface area contributed by atoms with Crippen LogP contribution in [0.1, 0.15) is 33.3 Å². The zero-order valence-corrected chi connectivity index (χ0v) is 12.3. The molecule has 0 radical (unpaired) electrons. The Balaban J connectivity index is 2.47. The molecule has 6 heteroatoms. The maximum absolute atomic E-state index is 13.7. The second-order valence-electron chi connectivity index (χ2n) is 5.77. The minimum absolute atomic E-state index is 0.0636. The van der Waals surface area contributed by atoms with Crippen LogP contribution in [-0.2, 0) is 9.31 Å². The van der Waals surface area contributed by atoms with Crippen LogP contribution >= 0.6 is 0 Å². The van der Waals surface area contributed by atoms with Crippen molar-refractivity contribution in [1.29, 1.82) is 5.26 Å². The maximum Gasteiger partial charge on any atom is 0.496 e. The van der Waals surface area contributed by atoms with E-state index in [0.717, 1.165) is 6.07 Å². The van der Waals surface area contributed by atoms with E-state index >= 15 is 0 Å². The lowest BCUT2D eigenvalue weighted by Gasteiger charge is -2.32. The van der Waals surface area contributed by atoms with Crippen LogP contribution < -0.4 is 10.2 Å². The summed E-state index contributed by atoms with van der Waals surface area (Å²) < 4.78 is 30.4. The monoisotopic (exact) mass is 277 g/mol. The van der Waals surface area contributed by atoms with Gasteiger partial charge in [0.2, 0.25) is 0 Å². The highest BCUT2D eigenvalue weighted by atomic mass is 19.1. The SMILES string of the molecule is COc1cc(B2OC(C)(C)C(C)(C)O2)c(C#N)cc1F. The summed E-state index contributed by atoms with van der Waals surface area (Å²) in [6.07, 6.45) is 0. The van der Waals surface area contributed by atoms with Gasteiger partial charge in [-0.3, -0.25) is 0 Å². The normalized spacial score (nSPS) is 19.8. The highest BCUT2D eigenvalue weighted by molar-refractivity contribution is 6.63. The van der Waals surface area contributed by atoms with Crippen molar-refractivity contribution in [2.24, 2.45) is 0 Å². The molecule has 1 heterocycles. The van der Waals surface area contributed by atoms with E-state index in [9.17, 15) is 4.39 Å². The first-order chi connectivity index (χ1) is 9.21. The molecule has 20 heavy (non-hydrogen) atoms. The van der Waals surface area contributed by atoms with Crippen LogP contribution in [0, 0.1) is 17.1 Å². The van der Waals surface area contributed by atoms with Crippen molar-refractivity contribution >= 4 is 12.6 Å². The molecular formula is C14H17BFNO3. The Morgan fingerprint density at radius 1 is 1.20 bits per heavy atom. The fourth-order valence-corrected chi connectivity index (χ4v) is 1.99. The summed E-state index contributed by atoms with van der Waals surface area (Å²) in [6, 6.07) is 4.56. The van der Waals surface area contributed by atoms with Crippen LogP contribution in [0.2, 0.25) is 0 Å². The van der Waals surface area contributed by atoms with Crippen molar-refractivity contribution in [3.63, 3.8) is 0 Å². The van der Waals surface area contributed by atoms with Gasteiger partial charge in [0.15, 0.2) is 11.6 Å². The molecule has 2 rings (SSSR count). The molecular weight excluding hydrogens is 260 g/mol. The smallest absolute Gasteiger partial charge is 0.494 e. The van der Waals surface area contributed by atoms with Crippen LogP contribution in [0.25, 0.3) is 0 Å². The Morgan fingerprint density at radius 2 is 1.75 bits per heavy atom. The lowest BCUT2D eigenvalue weighted by molar-refractivity contribution is 0.00578. The summed E-state index contributed by atoms with van der Waals surface area (Å²) in [5, 5.41) is 9.16. The van der Waals surface area contributed by atoms with E-state index in [4.69, 9.17) is 19.3 Å². The van der Waals surface area contributed by atoms with Gasteiger partial charge in [0, 0.05) is 5.46 Å². The van der Waals surface area contributed by atoms with Crippen molar-refractivity contribution in [1.82, 2.24) is 0 Å². The summed E-state index contributed by atoms with van der Waals surface area (Å²) >= 11 is 0. The molecule has 0 atom stereocenters. The molecule has 4 nitrogen and oxygen atoms in total. The molecule has 1 aliphatic heterocycles. The first-order valence-corrected chi connectivity index (χ1v) is 6.35. The van der Waals surface area contributed by atoms with Gasteiger partial charge in [0.05, 0.1) is 29.9 Å².